The van der Waals surface area contributed by atoms with Gasteiger partial charge in [-0.2, -0.15) is 14.4 Å². The molecule has 0 aliphatic carbocycles. The van der Waals surface area contributed by atoms with Crippen molar-refractivity contribution in [2.75, 3.05) is 6.54 Å². The van der Waals surface area contributed by atoms with Gasteiger partial charge in [0.15, 0.2) is 0 Å². The molecule has 2 amide bonds. The molecule has 0 saturated carbocycles. The maximum atomic E-state index is 13.1. The molecule has 1 unspecified atom stereocenters. The van der Waals surface area contributed by atoms with Crippen LogP contribution in [0, 0.1) is 6.92 Å². The number of carbonyl (C=O) groups excluding carboxylic acids is 2. The van der Waals surface area contributed by atoms with Crippen LogP contribution in [0.1, 0.15) is 33.2 Å². The largest absolute Gasteiger partial charge is 0.282 e. The number of rotatable bonds is 7. The smallest absolute Gasteiger partial charge is 0.267 e. The van der Waals surface area contributed by atoms with E-state index < -0.39 is 27.9 Å². The fourth-order valence-corrected chi connectivity index (χ4v) is 4.58. The molecule has 1 atom stereocenters. The first-order valence-corrected chi connectivity index (χ1v) is 10.7. The zero-order valence-electron chi connectivity index (χ0n) is 16.6. The molecule has 1 aliphatic heterocycles. The number of imide groups is 1. The quantitative estimate of drug-likeness (QED) is 0.389. The highest BCUT2D eigenvalue weighted by atomic mass is 32.2. The Kier molecular flexibility index (Phi) is 6.12. The first kappa shape index (κ1) is 21.4. The normalized spacial score (nSPS) is 14.8. The maximum absolute atomic E-state index is 13.1. The molecular formula is C22H21N3O4S. The van der Waals surface area contributed by atoms with Gasteiger partial charge in [0.2, 0.25) is 10.0 Å². The van der Waals surface area contributed by atoms with Gasteiger partial charge in [-0.1, -0.05) is 36.4 Å². The van der Waals surface area contributed by atoms with Gasteiger partial charge in [0.25, 0.3) is 11.8 Å². The molecule has 0 fully saturated rings. The number of aryl methyl sites for hydroxylation is 1. The summed E-state index contributed by atoms with van der Waals surface area (Å²) in [5, 5.41) is 4.70. The Morgan fingerprint density at radius 1 is 1.10 bits per heavy atom. The zero-order chi connectivity index (χ0) is 21.9. The van der Waals surface area contributed by atoms with Crippen molar-refractivity contribution in [3.8, 4) is 0 Å². The second-order valence-corrected chi connectivity index (χ2v) is 8.66. The SMILES string of the molecule is C=C=CC(C)N(CC=NN1C(=O)c2ccccc2C1=O)S(=O)(=O)c1ccc(C)cc1. The van der Waals surface area contributed by atoms with Crippen molar-refractivity contribution in [3.63, 3.8) is 0 Å². The highest BCUT2D eigenvalue weighted by Crippen LogP contribution is 2.23. The standard InChI is InChI=1S/C22H21N3O4S/c1-4-7-17(3)24(30(28,29)18-12-10-16(2)11-13-18)15-14-23-25-21(26)19-8-5-6-9-20(19)22(25)27/h5-14,17H,1,15H2,2-3H3. The van der Waals surface area contributed by atoms with Crippen LogP contribution in [0.3, 0.4) is 0 Å². The number of amides is 2. The van der Waals surface area contributed by atoms with Gasteiger partial charge in [-0.05, 0) is 44.2 Å². The first-order chi connectivity index (χ1) is 14.3. The Hall–Kier alpha value is -3.32. The van der Waals surface area contributed by atoms with E-state index in [1.54, 1.807) is 43.3 Å². The van der Waals surface area contributed by atoms with E-state index in [1.807, 2.05) is 6.92 Å². The number of hydrogen-bond donors (Lipinski definition) is 0. The Balaban J connectivity index is 1.86. The second kappa shape index (κ2) is 8.59. The molecule has 0 radical (unpaired) electrons. The number of fused-ring (bicyclic) bond motifs is 1. The van der Waals surface area contributed by atoms with Crippen LogP contribution in [0.25, 0.3) is 0 Å². The minimum Gasteiger partial charge on any atom is -0.267 e. The van der Waals surface area contributed by atoms with Gasteiger partial charge in [-0.3, -0.25) is 9.59 Å². The van der Waals surface area contributed by atoms with E-state index in [0.29, 0.717) is 0 Å². The predicted molar refractivity (Wildman–Crippen MR) is 114 cm³/mol. The number of nitrogens with zero attached hydrogens (tertiary/aromatic N) is 3. The van der Waals surface area contributed by atoms with Gasteiger partial charge in [0, 0.05) is 12.3 Å². The summed E-state index contributed by atoms with van der Waals surface area (Å²) in [5.41, 5.74) is 4.07. The first-order valence-electron chi connectivity index (χ1n) is 9.22. The highest BCUT2D eigenvalue weighted by Gasteiger charge is 2.35. The summed E-state index contributed by atoms with van der Waals surface area (Å²) in [7, 11) is -3.86. The summed E-state index contributed by atoms with van der Waals surface area (Å²) < 4.78 is 27.5. The summed E-state index contributed by atoms with van der Waals surface area (Å²) in [4.78, 5) is 24.9. The van der Waals surface area contributed by atoms with Crippen LogP contribution in [0.15, 0.2) is 76.9 Å². The number of benzene rings is 2. The van der Waals surface area contributed by atoms with Crippen LogP contribution in [-0.4, -0.2) is 48.3 Å². The average molecular weight is 423 g/mol. The second-order valence-electron chi connectivity index (χ2n) is 6.76. The van der Waals surface area contributed by atoms with E-state index in [0.717, 1.165) is 10.6 Å². The molecule has 30 heavy (non-hydrogen) atoms. The van der Waals surface area contributed by atoms with E-state index in [1.165, 1.54) is 28.7 Å². The molecule has 1 heterocycles. The molecule has 0 bridgehead atoms. The van der Waals surface area contributed by atoms with Gasteiger partial charge in [-0.15, -0.1) is 5.73 Å². The van der Waals surface area contributed by atoms with E-state index in [4.69, 9.17) is 0 Å². The number of sulfonamides is 1. The Bertz CT molecular complexity index is 1130. The van der Waals surface area contributed by atoms with Crippen LogP contribution in [-0.2, 0) is 10.0 Å². The summed E-state index contributed by atoms with van der Waals surface area (Å²) in [6, 6.07) is 12.4. The van der Waals surface area contributed by atoms with Crippen LogP contribution in [0.2, 0.25) is 0 Å². The van der Waals surface area contributed by atoms with E-state index in [2.05, 4.69) is 17.4 Å². The van der Waals surface area contributed by atoms with Gasteiger partial charge in [0.1, 0.15) is 0 Å². The predicted octanol–water partition coefficient (Wildman–Crippen LogP) is 3.00. The van der Waals surface area contributed by atoms with Crippen molar-refractivity contribution in [3.05, 3.63) is 83.6 Å². The molecule has 1 aliphatic rings. The molecule has 0 spiro atoms. The molecule has 3 rings (SSSR count). The van der Waals surface area contributed by atoms with Gasteiger partial charge >= 0.3 is 0 Å². The third kappa shape index (κ3) is 4.02. The van der Waals surface area contributed by atoms with Gasteiger partial charge in [-0.25, -0.2) is 8.42 Å². The maximum Gasteiger partial charge on any atom is 0.282 e. The van der Waals surface area contributed by atoms with E-state index >= 15 is 0 Å². The van der Waals surface area contributed by atoms with E-state index in [-0.39, 0.29) is 22.6 Å². The molecule has 8 heteroatoms. The van der Waals surface area contributed by atoms with Crippen LogP contribution >= 0.6 is 0 Å². The lowest BCUT2D eigenvalue weighted by molar-refractivity contribution is 0.0659. The molecule has 7 nitrogen and oxygen atoms in total. The summed E-state index contributed by atoms with van der Waals surface area (Å²) in [6.45, 7) is 6.90. The van der Waals surface area contributed by atoms with Crippen LogP contribution in [0.4, 0.5) is 0 Å². The Morgan fingerprint density at radius 2 is 1.67 bits per heavy atom. The van der Waals surface area contributed by atoms with Crippen molar-refractivity contribution < 1.29 is 18.0 Å². The number of carbonyl (C=O) groups is 2. The van der Waals surface area contributed by atoms with Crippen molar-refractivity contribution in [2.45, 2.75) is 24.8 Å². The third-order valence-electron chi connectivity index (χ3n) is 4.67. The summed E-state index contributed by atoms with van der Waals surface area (Å²) in [5.74, 6) is -1.09. The molecular weight excluding hydrogens is 402 g/mol. The van der Waals surface area contributed by atoms with Crippen molar-refractivity contribution >= 4 is 28.1 Å². The van der Waals surface area contributed by atoms with Crippen molar-refractivity contribution in [1.82, 2.24) is 9.31 Å². The zero-order valence-corrected chi connectivity index (χ0v) is 17.5. The Labute approximate surface area is 175 Å². The van der Waals surface area contributed by atoms with Crippen LogP contribution in [0.5, 0.6) is 0 Å². The number of hydrogen-bond acceptors (Lipinski definition) is 5. The Morgan fingerprint density at radius 3 is 2.20 bits per heavy atom. The number of hydrazone groups is 1. The third-order valence-corrected chi connectivity index (χ3v) is 6.64. The fourth-order valence-electron chi connectivity index (χ4n) is 3.06. The minimum atomic E-state index is -3.86. The van der Waals surface area contributed by atoms with Crippen LogP contribution < -0.4 is 0 Å². The summed E-state index contributed by atoms with van der Waals surface area (Å²) >= 11 is 0. The monoisotopic (exact) mass is 423 g/mol. The lowest BCUT2D eigenvalue weighted by atomic mass is 10.1. The van der Waals surface area contributed by atoms with Crippen molar-refractivity contribution in [2.24, 2.45) is 5.10 Å². The molecule has 2 aromatic carbocycles. The lowest BCUT2D eigenvalue weighted by Crippen LogP contribution is -2.39. The molecule has 0 aromatic heterocycles. The molecule has 0 N–H and O–H groups in total. The minimum absolute atomic E-state index is 0.131. The lowest BCUT2D eigenvalue weighted by Gasteiger charge is -2.24. The van der Waals surface area contributed by atoms with E-state index in [9.17, 15) is 18.0 Å². The molecule has 2 aromatic rings. The van der Waals surface area contributed by atoms with Gasteiger partial charge in [0.05, 0.1) is 22.6 Å². The topological polar surface area (TPSA) is 87.1 Å². The summed E-state index contributed by atoms with van der Waals surface area (Å²) in [6.07, 6.45) is 2.75. The fraction of sp³-hybridized carbons (Fsp3) is 0.182. The molecule has 154 valence electrons. The van der Waals surface area contributed by atoms with Gasteiger partial charge < -0.3 is 0 Å². The average Bonchev–Trinajstić information content (AvgIpc) is 2.96. The van der Waals surface area contributed by atoms with Crippen molar-refractivity contribution in [1.29, 1.82) is 0 Å². The molecule has 0 saturated heterocycles. The highest BCUT2D eigenvalue weighted by molar-refractivity contribution is 7.89.